The van der Waals surface area contributed by atoms with Gasteiger partial charge in [0.05, 0.1) is 22.2 Å². The predicted octanol–water partition coefficient (Wildman–Crippen LogP) is 3.94. The minimum Gasteiger partial charge on any atom is -0.378 e. The van der Waals surface area contributed by atoms with Gasteiger partial charge in [-0.1, -0.05) is 11.2 Å². The summed E-state index contributed by atoms with van der Waals surface area (Å²) in [6.45, 7) is 1.66. The summed E-state index contributed by atoms with van der Waals surface area (Å²) in [7, 11) is -4.24. The molecule has 4 aromatic rings. The first-order valence-corrected chi connectivity index (χ1v) is 10.1. The fourth-order valence-corrected chi connectivity index (χ4v) is 4.23. The van der Waals surface area contributed by atoms with Crippen LogP contribution in [0.25, 0.3) is 21.5 Å². The Morgan fingerprint density at radius 2 is 2.07 bits per heavy atom. The number of non-ortho nitro benzene ring substituents is 1. The lowest BCUT2D eigenvalue weighted by Gasteiger charge is -2.10. The Hall–Kier alpha value is -3.31. The first kappa shape index (κ1) is 18.1. The zero-order valence-corrected chi connectivity index (χ0v) is 15.9. The van der Waals surface area contributed by atoms with Gasteiger partial charge < -0.3 is 8.71 Å². The molecule has 0 spiro atoms. The predicted molar refractivity (Wildman–Crippen MR) is 101 cm³/mol. The zero-order chi connectivity index (χ0) is 19.9. The number of fused-ring (bicyclic) bond motifs is 1. The van der Waals surface area contributed by atoms with Crippen LogP contribution in [0, 0.1) is 17.0 Å². The van der Waals surface area contributed by atoms with Crippen LogP contribution in [-0.2, 0) is 10.1 Å². The Morgan fingerprint density at radius 1 is 1.25 bits per heavy atom. The summed E-state index contributed by atoms with van der Waals surface area (Å²) in [4.78, 5) is 14.9. The average molecular weight is 417 g/mol. The third kappa shape index (κ3) is 3.21. The van der Waals surface area contributed by atoms with Gasteiger partial charge in [0.1, 0.15) is 4.90 Å². The number of aromatic nitrogens is 2. The highest BCUT2D eigenvalue weighted by Crippen LogP contribution is 2.37. The molecule has 0 unspecified atom stereocenters. The number of nitrogens with zero attached hydrogens (tertiary/aromatic N) is 3. The molecule has 3 heterocycles. The van der Waals surface area contributed by atoms with E-state index in [0.29, 0.717) is 21.5 Å². The SMILES string of the molecule is Cc1noc2ncc(S(=O)(=O)Oc3ccc([N+](=O)[O-])cc3-c3cccs3)cc12. The smallest absolute Gasteiger partial charge is 0.340 e. The van der Waals surface area contributed by atoms with Crippen molar-refractivity contribution in [2.75, 3.05) is 0 Å². The van der Waals surface area contributed by atoms with Crippen LogP contribution >= 0.6 is 11.3 Å². The van der Waals surface area contributed by atoms with Crippen LogP contribution in [0.4, 0.5) is 5.69 Å². The van der Waals surface area contributed by atoms with Crippen molar-refractivity contribution in [2.24, 2.45) is 0 Å². The first-order valence-electron chi connectivity index (χ1n) is 7.84. The van der Waals surface area contributed by atoms with E-state index in [2.05, 4.69) is 10.1 Å². The monoisotopic (exact) mass is 417 g/mol. The lowest BCUT2D eigenvalue weighted by Crippen LogP contribution is -2.11. The molecule has 0 bridgehead atoms. The van der Waals surface area contributed by atoms with Crippen molar-refractivity contribution in [3.63, 3.8) is 0 Å². The second-order valence-electron chi connectivity index (χ2n) is 5.74. The van der Waals surface area contributed by atoms with Gasteiger partial charge in [-0.25, -0.2) is 4.98 Å². The summed E-state index contributed by atoms with van der Waals surface area (Å²) in [5.41, 5.74) is 0.847. The van der Waals surface area contributed by atoms with Crippen LogP contribution < -0.4 is 4.18 Å². The Morgan fingerprint density at radius 3 is 2.79 bits per heavy atom. The van der Waals surface area contributed by atoms with Gasteiger partial charge in [0, 0.05) is 22.6 Å². The first-order chi connectivity index (χ1) is 13.3. The molecule has 4 rings (SSSR count). The van der Waals surface area contributed by atoms with Gasteiger partial charge in [0.2, 0.25) is 0 Å². The van der Waals surface area contributed by atoms with Crippen LogP contribution in [-0.4, -0.2) is 23.5 Å². The van der Waals surface area contributed by atoms with E-state index in [4.69, 9.17) is 8.71 Å². The number of hydrogen-bond donors (Lipinski definition) is 0. The normalized spacial score (nSPS) is 11.6. The number of aryl methyl sites for hydroxylation is 1. The number of benzene rings is 1. The minimum absolute atomic E-state index is 0.0183. The van der Waals surface area contributed by atoms with Crippen LogP contribution in [0.2, 0.25) is 0 Å². The van der Waals surface area contributed by atoms with Gasteiger partial charge in [-0.2, -0.15) is 8.42 Å². The van der Waals surface area contributed by atoms with Crippen LogP contribution in [0.15, 0.2) is 57.4 Å². The summed E-state index contributed by atoms with van der Waals surface area (Å²) in [6.07, 6.45) is 1.11. The molecule has 1 aromatic carbocycles. The van der Waals surface area contributed by atoms with Gasteiger partial charge in [-0.15, -0.1) is 11.3 Å². The molecule has 0 saturated heterocycles. The number of nitro benzene ring substituents is 1. The summed E-state index contributed by atoms with van der Waals surface area (Å²) >= 11 is 1.31. The van der Waals surface area contributed by atoms with Crippen LogP contribution in [0.5, 0.6) is 5.75 Å². The molecule has 0 amide bonds. The highest BCUT2D eigenvalue weighted by molar-refractivity contribution is 7.87. The van der Waals surface area contributed by atoms with Crippen molar-refractivity contribution in [1.29, 1.82) is 0 Å². The van der Waals surface area contributed by atoms with E-state index in [0.717, 1.165) is 6.20 Å². The number of rotatable bonds is 5. The van der Waals surface area contributed by atoms with Crippen molar-refractivity contribution in [3.05, 3.63) is 63.8 Å². The second-order valence-corrected chi connectivity index (χ2v) is 8.24. The number of hydrogen-bond acceptors (Lipinski definition) is 9. The molecule has 0 fully saturated rings. The third-order valence-electron chi connectivity index (χ3n) is 3.93. The van der Waals surface area contributed by atoms with Gasteiger partial charge in [-0.3, -0.25) is 10.1 Å². The molecule has 0 aliphatic heterocycles. The lowest BCUT2D eigenvalue weighted by molar-refractivity contribution is -0.384. The Bertz CT molecular complexity index is 1300. The molecule has 9 nitrogen and oxygen atoms in total. The second kappa shape index (κ2) is 6.69. The minimum atomic E-state index is -4.24. The van der Waals surface area contributed by atoms with Crippen molar-refractivity contribution >= 4 is 38.2 Å². The van der Waals surface area contributed by atoms with Crippen LogP contribution in [0.3, 0.4) is 0 Å². The lowest BCUT2D eigenvalue weighted by atomic mass is 10.1. The van der Waals surface area contributed by atoms with Crippen LogP contribution in [0.1, 0.15) is 5.69 Å². The van der Waals surface area contributed by atoms with E-state index >= 15 is 0 Å². The van der Waals surface area contributed by atoms with Crippen molar-refractivity contribution in [1.82, 2.24) is 10.1 Å². The van der Waals surface area contributed by atoms with Gasteiger partial charge >= 0.3 is 10.1 Å². The highest BCUT2D eigenvalue weighted by atomic mass is 32.2. The molecule has 0 aliphatic carbocycles. The third-order valence-corrected chi connectivity index (χ3v) is 6.04. The summed E-state index contributed by atoms with van der Waals surface area (Å²) < 4.78 is 35.8. The van der Waals surface area contributed by atoms with Crippen molar-refractivity contribution in [2.45, 2.75) is 11.8 Å². The van der Waals surface area contributed by atoms with E-state index in [1.807, 2.05) is 0 Å². The Balaban J connectivity index is 1.78. The quantitative estimate of drug-likeness (QED) is 0.272. The standard InChI is InChI=1S/C17H11N3O6S2/c1-10-13-8-12(9-18-17(13)25-19-10)28(23,24)26-15-5-4-11(20(21)22)7-14(15)16-3-2-6-27-16/h2-9H,1H3. The molecular weight excluding hydrogens is 406 g/mol. The van der Waals surface area contributed by atoms with Crippen molar-refractivity contribution < 1.29 is 22.0 Å². The molecule has 0 radical (unpaired) electrons. The summed E-state index contributed by atoms with van der Waals surface area (Å²) in [5, 5.41) is 17.1. The summed E-state index contributed by atoms with van der Waals surface area (Å²) in [6, 6.07) is 8.57. The van der Waals surface area contributed by atoms with E-state index in [-0.39, 0.29) is 22.0 Å². The van der Waals surface area contributed by atoms with E-state index in [9.17, 15) is 18.5 Å². The van der Waals surface area contributed by atoms with Crippen molar-refractivity contribution in [3.8, 4) is 16.2 Å². The topological polar surface area (TPSA) is 125 Å². The fraction of sp³-hybridized carbons (Fsp3) is 0.0588. The molecule has 0 saturated carbocycles. The molecule has 0 atom stereocenters. The maximum absolute atomic E-state index is 12.8. The zero-order valence-electron chi connectivity index (χ0n) is 14.2. The molecule has 11 heteroatoms. The Labute approximate surface area is 162 Å². The van der Waals surface area contributed by atoms with E-state index in [1.54, 1.807) is 24.4 Å². The largest absolute Gasteiger partial charge is 0.378 e. The maximum atomic E-state index is 12.8. The molecule has 0 N–H and O–H groups in total. The Kier molecular flexibility index (Phi) is 4.32. The van der Waals surface area contributed by atoms with Gasteiger partial charge in [0.15, 0.2) is 5.75 Å². The molecule has 142 valence electrons. The van der Waals surface area contributed by atoms with Gasteiger partial charge in [-0.05, 0) is 30.5 Å². The maximum Gasteiger partial charge on any atom is 0.340 e. The molecule has 28 heavy (non-hydrogen) atoms. The highest BCUT2D eigenvalue weighted by Gasteiger charge is 2.23. The number of thiophene rings is 1. The molecule has 3 aromatic heterocycles. The van der Waals surface area contributed by atoms with E-state index < -0.39 is 15.0 Å². The fourth-order valence-electron chi connectivity index (χ4n) is 2.56. The summed E-state index contributed by atoms with van der Waals surface area (Å²) in [5.74, 6) is -0.0183. The average Bonchev–Trinajstić information content (AvgIpc) is 3.32. The molecular formula is C17H11N3O6S2. The molecule has 0 aliphatic rings. The van der Waals surface area contributed by atoms with E-state index in [1.165, 1.54) is 35.6 Å². The number of nitro groups is 1. The number of pyridine rings is 1. The van der Waals surface area contributed by atoms with Gasteiger partial charge in [0.25, 0.3) is 11.4 Å².